The SMILES string of the molecule is CCC(O)c1ccn(Cc2nn(CC)c3ccccc23)c1. The molecule has 0 fully saturated rings. The average Bonchev–Trinajstić information content (AvgIpc) is 3.12. The molecule has 4 heteroatoms. The van der Waals surface area contributed by atoms with Gasteiger partial charge in [0, 0.05) is 24.3 Å². The molecule has 0 spiro atoms. The highest BCUT2D eigenvalue weighted by Gasteiger charge is 2.11. The number of aryl methyl sites for hydroxylation is 1. The van der Waals surface area contributed by atoms with E-state index in [0.29, 0.717) is 0 Å². The van der Waals surface area contributed by atoms with E-state index in [2.05, 4.69) is 29.7 Å². The van der Waals surface area contributed by atoms with Crippen LogP contribution in [0.5, 0.6) is 0 Å². The summed E-state index contributed by atoms with van der Waals surface area (Å²) in [7, 11) is 0. The molecule has 3 rings (SSSR count). The molecule has 1 unspecified atom stereocenters. The van der Waals surface area contributed by atoms with Crippen LogP contribution in [0.3, 0.4) is 0 Å². The van der Waals surface area contributed by atoms with Crippen LogP contribution in [0.2, 0.25) is 0 Å². The Morgan fingerprint density at radius 3 is 2.76 bits per heavy atom. The molecule has 4 nitrogen and oxygen atoms in total. The van der Waals surface area contributed by atoms with Crippen molar-refractivity contribution in [1.29, 1.82) is 0 Å². The van der Waals surface area contributed by atoms with Gasteiger partial charge in [-0.25, -0.2) is 0 Å². The molecule has 0 amide bonds. The van der Waals surface area contributed by atoms with Gasteiger partial charge < -0.3 is 9.67 Å². The van der Waals surface area contributed by atoms with Crippen LogP contribution >= 0.6 is 0 Å². The van der Waals surface area contributed by atoms with E-state index in [1.165, 1.54) is 10.9 Å². The van der Waals surface area contributed by atoms with Crippen molar-refractivity contribution in [2.75, 3.05) is 0 Å². The first-order valence-corrected chi connectivity index (χ1v) is 7.51. The summed E-state index contributed by atoms with van der Waals surface area (Å²) in [6.45, 7) is 5.68. The smallest absolute Gasteiger partial charge is 0.0900 e. The Morgan fingerprint density at radius 1 is 1.19 bits per heavy atom. The molecular weight excluding hydrogens is 262 g/mol. The van der Waals surface area contributed by atoms with Crippen LogP contribution in [-0.4, -0.2) is 19.5 Å². The zero-order valence-electron chi connectivity index (χ0n) is 12.5. The van der Waals surface area contributed by atoms with Crippen molar-refractivity contribution in [2.24, 2.45) is 0 Å². The fourth-order valence-electron chi connectivity index (χ4n) is 2.72. The van der Waals surface area contributed by atoms with E-state index >= 15 is 0 Å². The Balaban J connectivity index is 1.93. The van der Waals surface area contributed by atoms with Gasteiger partial charge in [-0.05, 0) is 31.0 Å². The average molecular weight is 283 g/mol. The van der Waals surface area contributed by atoms with Crippen molar-refractivity contribution in [3.05, 3.63) is 54.0 Å². The van der Waals surface area contributed by atoms with Crippen LogP contribution < -0.4 is 0 Å². The van der Waals surface area contributed by atoms with Gasteiger partial charge in [-0.15, -0.1) is 0 Å². The fourth-order valence-corrected chi connectivity index (χ4v) is 2.72. The summed E-state index contributed by atoms with van der Waals surface area (Å²) in [5, 5.41) is 15.8. The lowest BCUT2D eigenvalue weighted by Crippen LogP contribution is -2.01. The molecule has 0 aliphatic carbocycles. The fraction of sp³-hybridized carbons (Fsp3) is 0.353. The third kappa shape index (κ3) is 2.59. The maximum atomic E-state index is 9.89. The lowest BCUT2D eigenvalue weighted by Gasteiger charge is -2.04. The van der Waals surface area contributed by atoms with Gasteiger partial charge >= 0.3 is 0 Å². The van der Waals surface area contributed by atoms with Crippen LogP contribution in [0.1, 0.15) is 37.6 Å². The lowest BCUT2D eigenvalue weighted by atomic mass is 10.1. The molecule has 0 saturated carbocycles. The van der Waals surface area contributed by atoms with E-state index in [0.717, 1.165) is 30.8 Å². The minimum absolute atomic E-state index is 0.379. The van der Waals surface area contributed by atoms with E-state index in [9.17, 15) is 5.11 Å². The number of fused-ring (bicyclic) bond motifs is 1. The number of para-hydroxylation sites is 1. The molecule has 0 aliphatic heterocycles. The van der Waals surface area contributed by atoms with Crippen molar-refractivity contribution in [3.63, 3.8) is 0 Å². The normalized spacial score (nSPS) is 12.9. The summed E-state index contributed by atoms with van der Waals surface area (Å²) in [4.78, 5) is 0. The van der Waals surface area contributed by atoms with E-state index < -0.39 is 0 Å². The molecule has 21 heavy (non-hydrogen) atoms. The minimum atomic E-state index is -0.379. The van der Waals surface area contributed by atoms with Crippen LogP contribution in [0.15, 0.2) is 42.7 Å². The van der Waals surface area contributed by atoms with E-state index in [4.69, 9.17) is 5.10 Å². The van der Waals surface area contributed by atoms with Crippen molar-refractivity contribution in [3.8, 4) is 0 Å². The summed E-state index contributed by atoms with van der Waals surface area (Å²) < 4.78 is 4.12. The number of aliphatic hydroxyl groups is 1. The highest BCUT2D eigenvalue weighted by molar-refractivity contribution is 5.81. The summed E-state index contributed by atoms with van der Waals surface area (Å²) in [5.74, 6) is 0. The Labute approximate surface area is 124 Å². The summed E-state index contributed by atoms with van der Waals surface area (Å²) in [5.41, 5.74) is 3.22. The molecule has 1 aromatic carbocycles. The molecule has 0 saturated heterocycles. The predicted molar refractivity (Wildman–Crippen MR) is 84.2 cm³/mol. The molecule has 0 bridgehead atoms. The zero-order valence-corrected chi connectivity index (χ0v) is 12.5. The van der Waals surface area contributed by atoms with Gasteiger partial charge in [-0.2, -0.15) is 5.10 Å². The molecule has 2 heterocycles. The highest BCUT2D eigenvalue weighted by atomic mass is 16.3. The lowest BCUT2D eigenvalue weighted by molar-refractivity contribution is 0.173. The van der Waals surface area contributed by atoms with Crippen molar-refractivity contribution in [1.82, 2.24) is 14.3 Å². The maximum Gasteiger partial charge on any atom is 0.0900 e. The highest BCUT2D eigenvalue weighted by Crippen LogP contribution is 2.21. The molecule has 0 aliphatic rings. The largest absolute Gasteiger partial charge is 0.388 e. The monoisotopic (exact) mass is 283 g/mol. The number of aromatic nitrogens is 3. The van der Waals surface area contributed by atoms with E-state index in [1.807, 2.05) is 36.1 Å². The van der Waals surface area contributed by atoms with E-state index in [-0.39, 0.29) is 6.10 Å². The topological polar surface area (TPSA) is 43.0 Å². The Kier molecular flexibility index (Phi) is 3.80. The van der Waals surface area contributed by atoms with Gasteiger partial charge in [-0.1, -0.05) is 25.1 Å². The zero-order chi connectivity index (χ0) is 14.8. The first kappa shape index (κ1) is 13.9. The van der Waals surface area contributed by atoms with Crippen LogP contribution in [-0.2, 0) is 13.1 Å². The molecule has 0 radical (unpaired) electrons. The van der Waals surface area contributed by atoms with Crippen LogP contribution in [0.25, 0.3) is 10.9 Å². The summed E-state index contributed by atoms with van der Waals surface area (Å²) in [6, 6.07) is 10.3. The van der Waals surface area contributed by atoms with Crippen molar-refractivity contribution < 1.29 is 5.11 Å². The van der Waals surface area contributed by atoms with Gasteiger partial charge in [0.1, 0.15) is 0 Å². The number of hydrogen-bond donors (Lipinski definition) is 1. The van der Waals surface area contributed by atoms with Gasteiger partial charge in [0.15, 0.2) is 0 Å². The van der Waals surface area contributed by atoms with Crippen LogP contribution in [0.4, 0.5) is 0 Å². The van der Waals surface area contributed by atoms with Gasteiger partial charge in [0.05, 0.1) is 23.9 Å². The molecule has 1 atom stereocenters. The standard InChI is InChI=1S/C17H21N3O/c1-3-17(21)13-9-10-19(11-13)12-15-14-7-5-6-8-16(14)20(4-2)18-15/h5-11,17,21H,3-4,12H2,1-2H3. The minimum Gasteiger partial charge on any atom is -0.388 e. The number of nitrogens with zero attached hydrogens (tertiary/aromatic N) is 3. The van der Waals surface area contributed by atoms with Crippen molar-refractivity contribution in [2.45, 2.75) is 39.5 Å². The predicted octanol–water partition coefficient (Wildman–Crippen LogP) is 3.35. The Bertz CT molecular complexity index is 741. The van der Waals surface area contributed by atoms with Crippen molar-refractivity contribution >= 4 is 10.9 Å². The summed E-state index contributed by atoms with van der Waals surface area (Å²) >= 11 is 0. The van der Waals surface area contributed by atoms with Gasteiger partial charge in [-0.3, -0.25) is 4.68 Å². The molecule has 110 valence electrons. The van der Waals surface area contributed by atoms with Gasteiger partial charge in [0.25, 0.3) is 0 Å². The number of hydrogen-bond acceptors (Lipinski definition) is 2. The first-order chi connectivity index (χ1) is 10.2. The molecule has 2 aromatic heterocycles. The second kappa shape index (κ2) is 5.74. The third-order valence-corrected chi connectivity index (χ3v) is 3.91. The molecular formula is C17H21N3O. The third-order valence-electron chi connectivity index (χ3n) is 3.91. The quantitative estimate of drug-likeness (QED) is 0.780. The number of aliphatic hydroxyl groups excluding tert-OH is 1. The first-order valence-electron chi connectivity index (χ1n) is 7.51. The molecule has 3 aromatic rings. The maximum absolute atomic E-state index is 9.89. The summed E-state index contributed by atoms with van der Waals surface area (Å²) in [6.07, 6.45) is 4.37. The second-order valence-corrected chi connectivity index (χ2v) is 5.32. The van der Waals surface area contributed by atoms with Gasteiger partial charge in [0.2, 0.25) is 0 Å². The number of rotatable bonds is 5. The number of benzene rings is 1. The van der Waals surface area contributed by atoms with E-state index in [1.54, 1.807) is 0 Å². The second-order valence-electron chi connectivity index (χ2n) is 5.32. The Morgan fingerprint density at radius 2 is 2.00 bits per heavy atom. The molecule has 1 N–H and O–H groups in total. The van der Waals surface area contributed by atoms with Crippen LogP contribution in [0, 0.1) is 0 Å². The Hall–Kier alpha value is -2.07.